The number of anilines is 1. The second-order valence-electron chi connectivity index (χ2n) is 6.64. The third kappa shape index (κ3) is 3.27. The fraction of sp³-hybridized carbons (Fsp3) is 0.350. The molecule has 0 spiro atoms. The number of carbonyl (C=O) groups excluding carboxylic acids is 1. The summed E-state index contributed by atoms with van der Waals surface area (Å²) in [5.41, 5.74) is 0.836. The predicted octanol–water partition coefficient (Wildman–Crippen LogP) is 4.20. The van der Waals surface area contributed by atoms with Crippen molar-refractivity contribution < 1.29 is 9.32 Å². The first-order valence-electron chi connectivity index (χ1n) is 9.10. The smallest absolute Gasteiger partial charge is 0.321 e. The Bertz CT molecular complexity index is 916. The number of hydrogen-bond acceptors (Lipinski definition) is 4. The number of fused-ring (bicyclic) bond motifs is 1. The number of nitrogens with zero attached hydrogens (tertiary/aromatic N) is 3. The molecule has 0 radical (unpaired) electrons. The zero-order chi connectivity index (χ0) is 17.9. The lowest BCUT2D eigenvalue weighted by Crippen LogP contribution is -2.41. The first-order chi connectivity index (χ1) is 12.7. The van der Waals surface area contributed by atoms with Crippen LogP contribution in [0.25, 0.3) is 10.8 Å². The summed E-state index contributed by atoms with van der Waals surface area (Å²) in [6, 6.07) is 13.9. The second kappa shape index (κ2) is 7.15. The number of likely N-dealkylation sites (tertiary alicyclic amines) is 1. The van der Waals surface area contributed by atoms with Crippen molar-refractivity contribution in [1.29, 1.82) is 0 Å². The number of amides is 2. The molecule has 134 valence electrons. The van der Waals surface area contributed by atoms with Crippen LogP contribution < -0.4 is 5.32 Å². The summed E-state index contributed by atoms with van der Waals surface area (Å²) in [4.78, 5) is 19.1. The Hall–Kier alpha value is -2.89. The average molecular weight is 350 g/mol. The van der Waals surface area contributed by atoms with Gasteiger partial charge < -0.3 is 14.7 Å². The molecule has 0 saturated carbocycles. The predicted molar refractivity (Wildman–Crippen MR) is 100 cm³/mol. The summed E-state index contributed by atoms with van der Waals surface area (Å²) in [5.74, 6) is 1.49. The average Bonchev–Trinajstić information content (AvgIpc) is 3.18. The maximum atomic E-state index is 12.8. The molecule has 3 aromatic rings. The summed E-state index contributed by atoms with van der Waals surface area (Å²) in [6.07, 6.45) is 2.63. The van der Waals surface area contributed by atoms with Crippen LogP contribution in [0, 0.1) is 0 Å². The molecule has 26 heavy (non-hydrogen) atoms. The second-order valence-corrected chi connectivity index (χ2v) is 6.64. The van der Waals surface area contributed by atoms with Gasteiger partial charge in [0.1, 0.15) is 0 Å². The van der Waals surface area contributed by atoms with Gasteiger partial charge in [0.15, 0.2) is 5.82 Å². The van der Waals surface area contributed by atoms with E-state index in [4.69, 9.17) is 4.52 Å². The van der Waals surface area contributed by atoms with Crippen molar-refractivity contribution in [2.24, 2.45) is 0 Å². The van der Waals surface area contributed by atoms with Crippen LogP contribution in [-0.4, -0.2) is 34.2 Å². The Balaban J connectivity index is 1.49. The normalized spacial score (nSPS) is 17.4. The van der Waals surface area contributed by atoms with Crippen molar-refractivity contribution in [3.63, 3.8) is 0 Å². The molecule has 2 heterocycles. The highest BCUT2D eigenvalue weighted by atomic mass is 16.5. The third-order valence-electron chi connectivity index (χ3n) is 4.89. The summed E-state index contributed by atoms with van der Waals surface area (Å²) in [6.45, 7) is 3.34. The van der Waals surface area contributed by atoms with E-state index in [1.54, 1.807) is 0 Å². The van der Waals surface area contributed by atoms with E-state index in [1.165, 1.54) is 0 Å². The molecule has 1 N–H and O–H groups in total. The van der Waals surface area contributed by atoms with Crippen LogP contribution in [0.4, 0.5) is 10.5 Å². The number of aromatic nitrogens is 2. The van der Waals surface area contributed by atoms with Crippen molar-refractivity contribution in [2.45, 2.75) is 32.1 Å². The first-order valence-corrected chi connectivity index (χ1v) is 9.10. The van der Waals surface area contributed by atoms with Crippen LogP contribution in [0.15, 0.2) is 47.0 Å². The van der Waals surface area contributed by atoms with Crippen LogP contribution in [-0.2, 0) is 6.42 Å². The molecule has 1 aliphatic rings. The maximum absolute atomic E-state index is 12.8. The Labute approximate surface area is 152 Å². The lowest BCUT2D eigenvalue weighted by molar-refractivity contribution is 0.190. The summed E-state index contributed by atoms with van der Waals surface area (Å²) in [5, 5.41) is 9.31. The van der Waals surface area contributed by atoms with Crippen LogP contribution in [0.5, 0.6) is 0 Å². The van der Waals surface area contributed by atoms with Gasteiger partial charge in [-0.05, 0) is 24.3 Å². The zero-order valence-corrected chi connectivity index (χ0v) is 14.8. The molecule has 4 rings (SSSR count). The highest BCUT2D eigenvalue weighted by Crippen LogP contribution is 2.27. The van der Waals surface area contributed by atoms with Gasteiger partial charge in [-0.25, -0.2) is 4.79 Å². The SMILES string of the molecule is CCc1nc(C2CCCN(C(=O)Nc3cccc4ccccc34)C2)no1. The van der Waals surface area contributed by atoms with Gasteiger partial charge >= 0.3 is 6.03 Å². The number of carbonyl (C=O) groups is 1. The van der Waals surface area contributed by atoms with E-state index in [0.717, 1.165) is 42.3 Å². The largest absolute Gasteiger partial charge is 0.339 e. The van der Waals surface area contributed by atoms with Gasteiger partial charge in [-0.2, -0.15) is 4.98 Å². The monoisotopic (exact) mass is 350 g/mol. The highest BCUT2D eigenvalue weighted by molar-refractivity contribution is 6.01. The number of nitrogens with one attached hydrogen (secondary N) is 1. The Morgan fingerprint density at radius 1 is 1.27 bits per heavy atom. The number of hydrogen-bond donors (Lipinski definition) is 1. The minimum Gasteiger partial charge on any atom is -0.339 e. The van der Waals surface area contributed by atoms with E-state index in [9.17, 15) is 4.79 Å². The topological polar surface area (TPSA) is 71.3 Å². The number of rotatable bonds is 3. The number of aryl methyl sites for hydroxylation is 1. The third-order valence-corrected chi connectivity index (χ3v) is 4.89. The van der Waals surface area contributed by atoms with E-state index in [2.05, 4.69) is 15.5 Å². The van der Waals surface area contributed by atoms with E-state index < -0.39 is 0 Å². The van der Waals surface area contributed by atoms with Gasteiger partial charge in [-0.1, -0.05) is 48.5 Å². The van der Waals surface area contributed by atoms with Gasteiger partial charge in [0.25, 0.3) is 0 Å². The zero-order valence-electron chi connectivity index (χ0n) is 14.8. The number of benzene rings is 2. The molecule has 1 aromatic heterocycles. The van der Waals surface area contributed by atoms with E-state index in [0.29, 0.717) is 18.3 Å². The minimum atomic E-state index is -0.0785. The van der Waals surface area contributed by atoms with Crippen LogP contribution in [0.2, 0.25) is 0 Å². The van der Waals surface area contributed by atoms with Crippen LogP contribution in [0.3, 0.4) is 0 Å². The molecule has 1 aliphatic heterocycles. The Kier molecular flexibility index (Phi) is 4.56. The van der Waals surface area contributed by atoms with Gasteiger partial charge in [0.2, 0.25) is 5.89 Å². The Morgan fingerprint density at radius 3 is 2.96 bits per heavy atom. The quantitative estimate of drug-likeness (QED) is 0.768. The van der Waals surface area contributed by atoms with Gasteiger partial charge in [0.05, 0.1) is 5.69 Å². The lowest BCUT2D eigenvalue weighted by atomic mass is 9.97. The van der Waals surface area contributed by atoms with Gasteiger partial charge in [-0.3, -0.25) is 0 Å². The van der Waals surface area contributed by atoms with Crippen molar-refractivity contribution >= 4 is 22.5 Å². The molecule has 2 amide bonds. The van der Waals surface area contributed by atoms with Gasteiger partial charge in [0, 0.05) is 30.8 Å². The molecule has 2 aromatic carbocycles. The van der Waals surface area contributed by atoms with Crippen molar-refractivity contribution in [1.82, 2.24) is 15.0 Å². The molecule has 1 unspecified atom stereocenters. The molecular weight excluding hydrogens is 328 g/mol. The molecule has 6 nitrogen and oxygen atoms in total. The van der Waals surface area contributed by atoms with E-state index in [-0.39, 0.29) is 11.9 Å². The first kappa shape index (κ1) is 16.6. The summed E-state index contributed by atoms with van der Waals surface area (Å²) >= 11 is 0. The summed E-state index contributed by atoms with van der Waals surface area (Å²) < 4.78 is 5.23. The number of piperidine rings is 1. The molecule has 1 fully saturated rings. The minimum absolute atomic E-state index is 0.0785. The van der Waals surface area contributed by atoms with Crippen molar-refractivity contribution in [3.8, 4) is 0 Å². The van der Waals surface area contributed by atoms with Gasteiger partial charge in [-0.15, -0.1) is 0 Å². The van der Waals surface area contributed by atoms with E-state index in [1.807, 2.05) is 54.3 Å². The van der Waals surface area contributed by atoms with Crippen LogP contribution in [0.1, 0.15) is 37.4 Å². The van der Waals surface area contributed by atoms with Crippen LogP contribution >= 0.6 is 0 Å². The van der Waals surface area contributed by atoms with Crippen molar-refractivity contribution in [3.05, 3.63) is 54.2 Å². The highest BCUT2D eigenvalue weighted by Gasteiger charge is 2.28. The lowest BCUT2D eigenvalue weighted by Gasteiger charge is -2.31. The van der Waals surface area contributed by atoms with Crippen molar-refractivity contribution in [2.75, 3.05) is 18.4 Å². The standard InChI is InChI=1S/C20H22N4O2/c1-2-18-22-19(23-26-18)15-9-6-12-24(13-15)20(25)21-17-11-5-8-14-7-3-4-10-16(14)17/h3-5,7-8,10-11,15H,2,6,9,12-13H2,1H3,(H,21,25). The number of urea groups is 1. The molecule has 6 heteroatoms. The van der Waals surface area contributed by atoms with E-state index >= 15 is 0 Å². The Morgan fingerprint density at radius 2 is 2.12 bits per heavy atom. The molecular formula is C20H22N4O2. The molecule has 0 aliphatic carbocycles. The fourth-order valence-corrected chi connectivity index (χ4v) is 3.48. The molecule has 1 atom stereocenters. The molecule has 0 bridgehead atoms. The summed E-state index contributed by atoms with van der Waals surface area (Å²) in [7, 11) is 0. The fourth-order valence-electron chi connectivity index (χ4n) is 3.48. The molecule has 1 saturated heterocycles. The maximum Gasteiger partial charge on any atom is 0.321 e.